The van der Waals surface area contributed by atoms with E-state index in [2.05, 4.69) is 260 Å². The molecule has 10 aromatic rings. The lowest BCUT2D eigenvalue weighted by Crippen LogP contribution is -2.28. The lowest BCUT2D eigenvalue weighted by Gasteiger charge is -2.34. The van der Waals surface area contributed by atoms with Gasteiger partial charge in [0.05, 0.1) is 5.41 Å². The summed E-state index contributed by atoms with van der Waals surface area (Å²) in [5.41, 5.74) is 20.6. The van der Waals surface area contributed by atoms with Gasteiger partial charge in [-0.15, -0.1) is 0 Å². The van der Waals surface area contributed by atoms with Crippen LogP contribution in [0.5, 0.6) is 0 Å². The van der Waals surface area contributed by atoms with Crippen molar-refractivity contribution >= 4 is 21.5 Å². The molecule has 10 aromatic carbocycles. The van der Waals surface area contributed by atoms with Crippen LogP contribution in [0.3, 0.4) is 0 Å². The first-order chi connectivity index (χ1) is 32.8. The Kier molecular flexibility index (Phi) is 14.4. The van der Waals surface area contributed by atoms with E-state index >= 15 is 0 Å². The van der Waals surface area contributed by atoms with E-state index in [1.165, 1.54) is 117 Å². The van der Waals surface area contributed by atoms with Crippen LogP contribution in [0.15, 0.2) is 218 Å². The van der Waals surface area contributed by atoms with Gasteiger partial charge in [-0.25, -0.2) is 0 Å². The van der Waals surface area contributed by atoms with E-state index in [9.17, 15) is 0 Å². The average Bonchev–Trinajstić information content (AvgIpc) is 3.68. The summed E-state index contributed by atoms with van der Waals surface area (Å²) < 4.78 is 0. The van der Waals surface area contributed by atoms with Crippen LogP contribution in [-0.2, 0) is 11.8 Å². The molecule has 11 rings (SSSR count). The van der Waals surface area contributed by atoms with Crippen LogP contribution in [0.25, 0.3) is 66.1 Å². The van der Waals surface area contributed by atoms with E-state index in [-0.39, 0.29) is 5.41 Å². The summed E-state index contributed by atoms with van der Waals surface area (Å²) in [6.45, 7) is 17.0. The highest BCUT2D eigenvalue weighted by atomic mass is 14.5. The molecule has 0 spiro atoms. The monoisotopic (exact) mass is 869 g/mol. The predicted octanol–water partition coefficient (Wildman–Crippen LogP) is 19.0. The molecule has 1 aliphatic carbocycles. The normalized spacial score (nSPS) is 13.3. The van der Waals surface area contributed by atoms with Crippen molar-refractivity contribution in [1.29, 1.82) is 0 Å². The molecule has 0 fully saturated rings. The van der Waals surface area contributed by atoms with Gasteiger partial charge in [-0.1, -0.05) is 247 Å². The Morgan fingerprint density at radius 1 is 0.343 bits per heavy atom. The fourth-order valence-corrected chi connectivity index (χ4v) is 9.89. The quantitative estimate of drug-likeness (QED) is 0.156. The molecule has 0 heteroatoms. The van der Waals surface area contributed by atoms with Crippen LogP contribution in [0.2, 0.25) is 0 Å². The van der Waals surface area contributed by atoms with Gasteiger partial charge >= 0.3 is 0 Å². The average molecular weight is 869 g/mol. The first kappa shape index (κ1) is 46.3. The Balaban J connectivity index is 0.000000180. The van der Waals surface area contributed by atoms with Crippen LogP contribution in [0.4, 0.5) is 0 Å². The lowest BCUT2D eigenvalue weighted by molar-refractivity contribution is 0.767. The molecule has 332 valence electrons. The molecular formula is C67H64. The van der Waals surface area contributed by atoms with E-state index in [0.29, 0.717) is 0 Å². The second kappa shape index (κ2) is 20.9. The summed E-state index contributed by atoms with van der Waals surface area (Å²) in [5, 5.41) is 5.11. The molecule has 0 aliphatic heterocycles. The third-order valence-corrected chi connectivity index (χ3v) is 13.2. The molecule has 0 radical (unpaired) electrons. The van der Waals surface area contributed by atoms with Gasteiger partial charge in [-0.3, -0.25) is 0 Å². The summed E-state index contributed by atoms with van der Waals surface area (Å²) in [6, 6.07) is 80.5. The SMILES string of the molecule is CC.CCC.CCc1ccc(C2(c3ccc(C)cc3)c3ccccc3-c3ccc(-c4ccc5ccccc5c4)cc32)cc1.Cc1ccccc1-c1c(C)cccc1-c1ccc2ccccc2c1. The van der Waals surface area contributed by atoms with Gasteiger partial charge < -0.3 is 0 Å². The molecule has 0 N–H and O–H groups in total. The van der Waals surface area contributed by atoms with Crippen LogP contribution in [-0.4, -0.2) is 0 Å². The number of hydrogen-bond donors (Lipinski definition) is 0. The van der Waals surface area contributed by atoms with Gasteiger partial charge in [-0.2, -0.15) is 0 Å². The summed E-state index contributed by atoms with van der Waals surface area (Å²) in [5.74, 6) is 0. The minimum absolute atomic E-state index is 0.376. The summed E-state index contributed by atoms with van der Waals surface area (Å²) in [4.78, 5) is 0. The second-order valence-corrected chi connectivity index (χ2v) is 17.6. The fraction of sp³-hybridized carbons (Fsp3) is 0.164. The van der Waals surface area contributed by atoms with Crippen molar-refractivity contribution in [1.82, 2.24) is 0 Å². The molecular weight excluding hydrogens is 805 g/mol. The third-order valence-electron chi connectivity index (χ3n) is 13.2. The zero-order valence-electron chi connectivity index (χ0n) is 40.7. The highest BCUT2D eigenvalue weighted by Gasteiger charge is 2.46. The van der Waals surface area contributed by atoms with Crippen LogP contribution < -0.4 is 0 Å². The van der Waals surface area contributed by atoms with Crippen molar-refractivity contribution in [2.75, 3.05) is 0 Å². The molecule has 1 unspecified atom stereocenters. The van der Waals surface area contributed by atoms with Gasteiger partial charge in [0.25, 0.3) is 0 Å². The van der Waals surface area contributed by atoms with Crippen molar-refractivity contribution in [2.45, 2.75) is 73.6 Å². The van der Waals surface area contributed by atoms with E-state index in [4.69, 9.17) is 0 Å². The molecule has 67 heavy (non-hydrogen) atoms. The molecule has 0 aromatic heterocycles. The third kappa shape index (κ3) is 9.15. The predicted molar refractivity (Wildman–Crippen MR) is 292 cm³/mol. The highest BCUT2D eigenvalue weighted by Crippen LogP contribution is 2.57. The summed E-state index contributed by atoms with van der Waals surface area (Å²) in [7, 11) is 0. The van der Waals surface area contributed by atoms with Crippen LogP contribution in [0.1, 0.15) is 85.5 Å². The summed E-state index contributed by atoms with van der Waals surface area (Å²) in [6.07, 6.45) is 2.29. The number of aryl methyl sites for hydroxylation is 4. The van der Waals surface area contributed by atoms with E-state index in [0.717, 1.165) is 6.42 Å². The Morgan fingerprint density at radius 2 is 0.806 bits per heavy atom. The Labute approximate surface area is 400 Å². The minimum atomic E-state index is -0.376. The Hall–Kier alpha value is -7.28. The molecule has 0 saturated carbocycles. The largest absolute Gasteiger partial charge is 0.0713 e. The fourth-order valence-electron chi connectivity index (χ4n) is 9.89. The maximum Gasteiger partial charge on any atom is 0.0713 e. The molecule has 0 nitrogen and oxygen atoms in total. The van der Waals surface area contributed by atoms with E-state index in [1.807, 2.05) is 13.8 Å². The zero-order valence-corrected chi connectivity index (χ0v) is 40.7. The second-order valence-electron chi connectivity index (χ2n) is 17.6. The Morgan fingerprint density at radius 3 is 1.43 bits per heavy atom. The lowest BCUT2D eigenvalue weighted by atomic mass is 9.67. The van der Waals surface area contributed by atoms with Crippen molar-refractivity contribution in [3.8, 4) is 44.5 Å². The molecule has 0 heterocycles. The number of rotatable bonds is 6. The molecule has 0 saturated heterocycles. The zero-order chi connectivity index (χ0) is 46.9. The van der Waals surface area contributed by atoms with Crippen LogP contribution >= 0.6 is 0 Å². The van der Waals surface area contributed by atoms with Gasteiger partial charge in [-0.05, 0) is 150 Å². The summed E-state index contributed by atoms with van der Waals surface area (Å²) >= 11 is 0. The van der Waals surface area contributed by atoms with Crippen molar-refractivity contribution in [2.24, 2.45) is 0 Å². The first-order valence-electron chi connectivity index (χ1n) is 24.4. The topological polar surface area (TPSA) is 0 Å². The van der Waals surface area contributed by atoms with Gasteiger partial charge in [0.2, 0.25) is 0 Å². The van der Waals surface area contributed by atoms with Gasteiger partial charge in [0.15, 0.2) is 0 Å². The Bertz CT molecular complexity index is 3260. The van der Waals surface area contributed by atoms with Crippen molar-refractivity contribution in [3.05, 3.63) is 263 Å². The number of hydrogen-bond acceptors (Lipinski definition) is 0. The first-order valence-corrected chi connectivity index (χ1v) is 24.4. The molecule has 1 aliphatic rings. The van der Waals surface area contributed by atoms with Gasteiger partial charge in [0, 0.05) is 0 Å². The number of benzene rings is 10. The van der Waals surface area contributed by atoms with E-state index in [1.54, 1.807) is 0 Å². The maximum atomic E-state index is 2.45. The van der Waals surface area contributed by atoms with Crippen LogP contribution in [0, 0.1) is 20.8 Å². The van der Waals surface area contributed by atoms with E-state index < -0.39 is 0 Å². The molecule has 1 atom stereocenters. The van der Waals surface area contributed by atoms with Crippen molar-refractivity contribution in [3.63, 3.8) is 0 Å². The standard InChI is InChI=1S/C38H30.C24H20.C3H8.C2H6/c1-3-27-14-21-33(22-15-27)38(32-19-12-26(2)13-20-32)36-11-7-6-10-34(36)35-23-18-31(25-37(35)38)30-17-16-28-8-4-5-9-29(28)24-30;1-17-8-3-6-12-22(17)24-18(2)9-7-13-23(24)21-15-14-19-10-4-5-11-20(19)16-21;1-3-2;1-2/h4-25H,3H2,1-2H3;3-16H,1-2H3;3H2,1-2H3;1-2H3. The van der Waals surface area contributed by atoms with Gasteiger partial charge in [0.1, 0.15) is 0 Å². The number of fused-ring (bicyclic) bond motifs is 5. The maximum absolute atomic E-state index is 2.45. The minimum Gasteiger partial charge on any atom is -0.0683 e. The smallest absolute Gasteiger partial charge is 0.0683 e. The highest BCUT2D eigenvalue weighted by molar-refractivity contribution is 5.94. The van der Waals surface area contributed by atoms with Crippen molar-refractivity contribution < 1.29 is 0 Å². The molecule has 0 bridgehead atoms. The molecule has 0 amide bonds.